The van der Waals surface area contributed by atoms with Gasteiger partial charge in [-0.3, -0.25) is 0 Å². The van der Waals surface area contributed by atoms with Gasteiger partial charge in [0, 0.05) is 16.7 Å². The summed E-state index contributed by atoms with van der Waals surface area (Å²) < 4.78 is 5.45. The van der Waals surface area contributed by atoms with Crippen LogP contribution in [0.15, 0.2) is 39.9 Å². The highest BCUT2D eigenvalue weighted by atomic mass is 32.2. The van der Waals surface area contributed by atoms with Gasteiger partial charge >= 0.3 is 0 Å². The van der Waals surface area contributed by atoms with Crippen molar-refractivity contribution >= 4 is 33.3 Å². The fraction of sp³-hybridized carbons (Fsp3) is 0.300. The molecule has 0 N–H and O–H groups in total. The zero-order chi connectivity index (χ0) is 18.2. The average molecular weight is 395 g/mol. The molecule has 0 atom stereocenters. The van der Waals surface area contributed by atoms with Crippen molar-refractivity contribution in [1.82, 2.24) is 20.1 Å². The summed E-state index contributed by atoms with van der Waals surface area (Å²) in [6, 6.07) is 10.2. The van der Waals surface area contributed by atoms with Crippen LogP contribution in [0.4, 0.5) is 0 Å². The maximum absolute atomic E-state index is 5.45. The molecule has 5 rings (SSSR count). The summed E-state index contributed by atoms with van der Waals surface area (Å²) in [5.74, 6) is 2.80. The zero-order valence-corrected chi connectivity index (χ0v) is 16.6. The maximum atomic E-state index is 5.45. The number of fused-ring (bicyclic) bond motifs is 3. The van der Waals surface area contributed by atoms with Gasteiger partial charge in [-0.2, -0.15) is 4.98 Å². The van der Waals surface area contributed by atoms with Crippen molar-refractivity contribution in [2.75, 3.05) is 0 Å². The van der Waals surface area contributed by atoms with Gasteiger partial charge < -0.3 is 4.52 Å². The summed E-state index contributed by atoms with van der Waals surface area (Å²) in [7, 11) is 0. The predicted octanol–water partition coefficient (Wildman–Crippen LogP) is 4.75. The smallest absolute Gasteiger partial charge is 0.237 e. The highest BCUT2D eigenvalue weighted by Crippen LogP contribution is 2.40. The molecule has 3 heterocycles. The van der Waals surface area contributed by atoms with Crippen LogP contribution >= 0.6 is 23.1 Å². The normalized spacial score (nSPS) is 13.4. The first kappa shape index (κ1) is 16.9. The minimum absolute atomic E-state index is 0.623. The number of hydrogen-bond acceptors (Lipinski definition) is 7. The summed E-state index contributed by atoms with van der Waals surface area (Å²) in [5, 5.41) is 6.41. The van der Waals surface area contributed by atoms with Crippen LogP contribution in [-0.4, -0.2) is 20.1 Å². The third kappa shape index (κ3) is 3.37. The Morgan fingerprint density at radius 1 is 1.11 bits per heavy atom. The second kappa shape index (κ2) is 7.05. The lowest BCUT2D eigenvalue weighted by atomic mass is 10.1. The van der Waals surface area contributed by atoms with Crippen molar-refractivity contribution in [2.24, 2.45) is 0 Å². The van der Waals surface area contributed by atoms with Gasteiger partial charge in [0.25, 0.3) is 0 Å². The van der Waals surface area contributed by atoms with E-state index < -0.39 is 0 Å². The lowest BCUT2D eigenvalue weighted by Crippen LogP contribution is -1.93. The summed E-state index contributed by atoms with van der Waals surface area (Å²) in [6.45, 7) is 1.96. The van der Waals surface area contributed by atoms with E-state index in [1.165, 1.54) is 34.2 Å². The van der Waals surface area contributed by atoms with Crippen molar-refractivity contribution < 1.29 is 4.52 Å². The van der Waals surface area contributed by atoms with E-state index in [0.29, 0.717) is 18.1 Å². The molecule has 0 spiro atoms. The van der Waals surface area contributed by atoms with Gasteiger partial charge in [0.15, 0.2) is 5.82 Å². The van der Waals surface area contributed by atoms with Crippen LogP contribution in [0, 0.1) is 6.92 Å². The van der Waals surface area contributed by atoms with Gasteiger partial charge in [0.1, 0.15) is 15.7 Å². The molecular weight excluding hydrogens is 376 g/mol. The second-order valence-corrected chi connectivity index (χ2v) is 8.72. The monoisotopic (exact) mass is 394 g/mol. The Hall–Kier alpha value is -2.25. The summed E-state index contributed by atoms with van der Waals surface area (Å²) >= 11 is 3.49. The molecule has 27 heavy (non-hydrogen) atoms. The molecule has 1 aliphatic rings. The highest BCUT2D eigenvalue weighted by Gasteiger charge is 2.22. The Morgan fingerprint density at radius 2 is 2.00 bits per heavy atom. The maximum Gasteiger partial charge on any atom is 0.237 e. The number of aromatic nitrogens is 4. The quantitative estimate of drug-likeness (QED) is 0.359. The predicted molar refractivity (Wildman–Crippen MR) is 107 cm³/mol. The first-order valence-electron chi connectivity index (χ1n) is 9.03. The largest absolute Gasteiger partial charge is 0.338 e. The fourth-order valence-electron chi connectivity index (χ4n) is 3.50. The molecule has 4 aromatic rings. The van der Waals surface area contributed by atoms with Crippen LogP contribution in [-0.2, 0) is 25.0 Å². The van der Waals surface area contributed by atoms with E-state index >= 15 is 0 Å². The molecule has 0 fully saturated rings. The Labute approximate surface area is 165 Å². The van der Waals surface area contributed by atoms with Gasteiger partial charge in [-0.25, -0.2) is 9.97 Å². The van der Waals surface area contributed by atoms with E-state index in [9.17, 15) is 0 Å². The number of aryl methyl sites for hydroxylation is 3. The van der Waals surface area contributed by atoms with Crippen molar-refractivity contribution in [3.05, 3.63) is 63.9 Å². The van der Waals surface area contributed by atoms with E-state index in [-0.39, 0.29) is 0 Å². The number of thioether (sulfide) groups is 1. The molecule has 0 saturated heterocycles. The standard InChI is InChI=1S/C20H18N4OS2/c1-12-21-19(18-14-8-5-9-15(14)27-20(18)22-12)26-11-17-23-16(24-25-17)10-13-6-3-2-4-7-13/h2-4,6-7H,5,8-11H2,1H3. The van der Waals surface area contributed by atoms with Crippen LogP contribution in [0.2, 0.25) is 0 Å². The fourth-order valence-corrected chi connectivity index (χ4v) is 5.81. The zero-order valence-electron chi connectivity index (χ0n) is 14.9. The molecule has 3 aromatic heterocycles. The molecule has 136 valence electrons. The molecule has 5 nitrogen and oxygen atoms in total. The third-order valence-corrected chi connectivity index (χ3v) is 6.84. The number of benzene rings is 1. The van der Waals surface area contributed by atoms with Gasteiger partial charge in [-0.15, -0.1) is 11.3 Å². The highest BCUT2D eigenvalue weighted by molar-refractivity contribution is 7.98. The molecule has 1 aromatic carbocycles. The van der Waals surface area contributed by atoms with Gasteiger partial charge in [-0.05, 0) is 37.3 Å². The second-order valence-electron chi connectivity index (χ2n) is 6.67. The van der Waals surface area contributed by atoms with E-state index in [0.717, 1.165) is 27.9 Å². The van der Waals surface area contributed by atoms with E-state index in [2.05, 4.69) is 27.3 Å². The number of nitrogens with zero attached hydrogens (tertiary/aromatic N) is 4. The average Bonchev–Trinajstić information content (AvgIpc) is 3.36. The van der Waals surface area contributed by atoms with Crippen molar-refractivity contribution in [1.29, 1.82) is 0 Å². The Kier molecular flexibility index (Phi) is 4.41. The molecule has 7 heteroatoms. The van der Waals surface area contributed by atoms with E-state index in [1.54, 1.807) is 11.8 Å². The van der Waals surface area contributed by atoms with Crippen LogP contribution in [0.5, 0.6) is 0 Å². The summed E-state index contributed by atoms with van der Waals surface area (Å²) in [4.78, 5) is 16.5. The van der Waals surface area contributed by atoms with Crippen LogP contribution in [0.3, 0.4) is 0 Å². The van der Waals surface area contributed by atoms with Crippen molar-refractivity contribution in [3.8, 4) is 0 Å². The minimum atomic E-state index is 0.623. The summed E-state index contributed by atoms with van der Waals surface area (Å²) in [5.41, 5.74) is 2.63. The Bertz CT molecular complexity index is 1100. The topological polar surface area (TPSA) is 64.7 Å². The summed E-state index contributed by atoms with van der Waals surface area (Å²) in [6.07, 6.45) is 4.23. The molecule has 0 unspecified atom stereocenters. The minimum Gasteiger partial charge on any atom is -0.338 e. The molecule has 0 saturated carbocycles. The molecule has 1 aliphatic carbocycles. The molecule has 0 radical (unpaired) electrons. The first-order valence-corrected chi connectivity index (χ1v) is 10.8. The molecule has 0 amide bonds. The van der Waals surface area contributed by atoms with Gasteiger partial charge in [-0.1, -0.05) is 47.3 Å². The van der Waals surface area contributed by atoms with Crippen molar-refractivity contribution in [3.63, 3.8) is 0 Å². The molecule has 0 aliphatic heterocycles. The SMILES string of the molecule is Cc1nc(SCc2nc(Cc3ccccc3)no2)c2c3c(sc2n1)CCC3. The van der Waals surface area contributed by atoms with Crippen LogP contribution in [0.25, 0.3) is 10.2 Å². The lowest BCUT2D eigenvalue weighted by molar-refractivity contribution is 0.386. The Morgan fingerprint density at radius 3 is 2.89 bits per heavy atom. The van der Waals surface area contributed by atoms with Crippen molar-refractivity contribution in [2.45, 2.75) is 43.4 Å². The lowest BCUT2D eigenvalue weighted by Gasteiger charge is -2.04. The van der Waals surface area contributed by atoms with Gasteiger partial charge in [0.2, 0.25) is 5.89 Å². The first-order chi connectivity index (χ1) is 13.3. The molecule has 0 bridgehead atoms. The van der Waals surface area contributed by atoms with Crippen LogP contribution < -0.4 is 0 Å². The number of hydrogen-bond donors (Lipinski definition) is 0. The van der Waals surface area contributed by atoms with Gasteiger partial charge in [0.05, 0.1) is 5.75 Å². The third-order valence-electron chi connectivity index (χ3n) is 4.69. The van der Waals surface area contributed by atoms with Crippen LogP contribution in [0.1, 0.15) is 40.0 Å². The molecular formula is C20H18N4OS2. The van der Waals surface area contributed by atoms with E-state index in [1.807, 2.05) is 36.5 Å². The van der Waals surface area contributed by atoms with E-state index in [4.69, 9.17) is 9.51 Å². The number of thiophene rings is 1. The Balaban J connectivity index is 1.36. The number of rotatable bonds is 5.